The normalized spacial score (nSPS) is 17.5. The van der Waals surface area contributed by atoms with Gasteiger partial charge in [0.2, 0.25) is 0 Å². The molecule has 0 atom stereocenters. The molecule has 1 aliphatic rings. The van der Waals surface area contributed by atoms with Gasteiger partial charge in [-0.15, -0.1) is 0 Å². The molecule has 0 radical (unpaired) electrons. The summed E-state index contributed by atoms with van der Waals surface area (Å²) < 4.78 is 27.8. The van der Waals surface area contributed by atoms with Gasteiger partial charge in [-0.05, 0) is 30.5 Å². The van der Waals surface area contributed by atoms with E-state index in [-0.39, 0.29) is 6.04 Å². The largest absolute Gasteiger partial charge is 0.282 e. The number of aromatic nitrogens is 1. The molecule has 2 rings (SSSR count). The van der Waals surface area contributed by atoms with E-state index in [9.17, 15) is 8.42 Å². The first-order chi connectivity index (χ1) is 9.01. The number of hydrogen-bond donors (Lipinski definition) is 0. The lowest BCUT2D eigenvalue weighted by Gasteiger charge is -2.30. The average molecular weight is 283 g/mol. The van der Waals surface area contributed by atoms with E-state index in [1.165, 1.54) is 4.31 Å². The number of hydrogen-bond acceptors (Lipinski definition) is 3. The van der Waals surface area contributed by atoms with Crippen LogP contribution in [0.1, 0.15) is 31.2 Å². The minimum Gasteiger partial charge on any atom is -0.265 e. The number of rotatable bonds is 5. The molecule has 1 aromatic heterocycles. The Morgan fingerprint density at radius 3 is 2.32 bits per heavy atom. The molecule has 1 heterocycles. The Morgan fingerprint density at radius 1 is 1.21 bits per heavy atom. The van der Waals surface area contributed by atoms with Gasteiger partial charge in [-0.3, -0.25) is 4.98 Å². The molecule has 0 bridgehead atoms. The van der Waals surface area contributed by atoms with Gasteiger partial charge in [0.05, 0.1) is 0 Å². The second-order valence-corrected chi connectivity index (χ2v) is 7.22. The van der Waals surface area contributed by atoms with Crippen molar-refractivity contribution in [1.82, 2.24) is 13.6 Å². The predicted molar refractivity (Wildman–Crippen MR) is 74.6 cm³/mol. The van der Waals surface area contributed by atoms with E-state index in [2.05, 4.69) is 4.98 Å². The van der Waals surface area contributed by atoms with Crippen molar-refractivity contribution in [2.75, 3.05) is 14.1 Å². The molecule has 0 spiro atoms. The van der Waals surface area contributed by atoms with E-state index in [0.29, 0.717) is 6.54 Å². The van der Waals surface area contributed by atoms with Crippen molar-refractivity contribution < 1.29 is 8.42 Å². The summed E-state index contributed by atoms with van der Waals surface area (Å²) in [6.45, 7) is 0.424. The molecule has 0 amide bonds. The summed E-state index contributed by atoms with van der Waals surface area (Å²) in [4.78, 5) is 3.97. The molecule has 1 aromatic rings. The fourth-order valence-corrected chi connectivity index (χ4v) is 3.79. The van der Waals surface area contributed by atoms with Crippen molar-refractivity contribution in [3.63, 3.8) is 0 Å². The van der Waals surface area contributed by atoms with Crippen LogP contribution in [0.3, 0.4) is 0 Å². The quantitative estimate of drug-likeness (QED) is 0.825. The molecule has 0 saturated heterocycles. The summed E-state index contributed by atoms with van der Waals surface area (Å²) in [5.41, 5.74) is 0.979. The SMILES string of the molecule is CN(C)S(=O)(=O)N(Cc1ccncc1)C1CCCC1. The maximum atomic E-state index is 12.5. The summed E-state index contributed by atoms with van der Waals surface area (Å²) in [6, 6.07) is 3.86. The zero-order chi connectivity index (χ0) is 13.9. The van der Waals surface area contributed by atoms with Crippen LogP contribution in [0, 0.1) is 0 Å². The first kappa shape index (κ1) is 14.4. The highest BCUT2D eigenvalue weighted by molar-refractivity contribution is 7.86. The summed E-state index contributed by atoms with van der Waals surface area (Å²) in [5, 5.41) is 0. The molecular formula is C13H21N3O2S. The predicted octanol–water partition coefficient (Wildman–Crippen LogP) is 1.63. The van der Waals surface area contributed by atoms with E-state index in [1.54, 1.807) is 30.8 Å². The summed E-state index contributed by atoms with van der Waals surface area (Å²) in [6.07, 6.45) is 7.53. The highest BCUT2D eigenvalue weighted by Gasteiger charge is 2.33. The van der Waals surface area contributed by atoms with Crippen LogP contribution in [0.2, 0.25) is 0 Å². The van der Waals surface area contributed by atoms with E-state index < -0.39 is 10.2 Å². The van der Waals surface area contributed by atoms with Crippen LogP contribution in [0.5, 0.6) is 0 Å². The Bertz CT molecular complexity index is 496. The van der Waals surface area contributed by atoms with Crippen molar-refractivity contribution >= 4 is 10.2 Å². The zero-order valence-electron chi connectivity index (χ0n) is 11.5. The van der Waals surface area contributed by atoms with Gasteiger partial charge in [-0.1, -0.05) is 12.8 Å². The minimum atomic E-state index is -3.37. The van der Waals surface area contributed by atoms with Crippen LogP contribution < -0.4 is 0 Å². The van der Waals surface area contributed by atoms with Gasteiger partial charge in [0, 0.05) is 39.1 Å². The summed E-state index contributed by atoms with van der Waals surface area (Å²) in [5.74, 6) is 0. The van der Waals surface area contributed by atoms with Crippen LogP contribution in [0.25, 0.3) is 0 Å². The summed E-state index contributed by atoms with van der Waals surface area (Å²) >= 11 is 0. The second kappa shape index (κ2) is 5.98. The first-order valence-corrected chi connectivity index (χ1v) is 7.99. The minimum absolute atomic E-state index is 0.126. The average Bonchev–Trinajstić information content (AvgIpc) is 2.90. The highest BCUT2D eigenvalue weighted by atomic mass is 32.2. The Balaban J connectivity index is 2.24. The molecule has 0 N–H and O–H groups in total. The standard InChI is InChI=1S/C13H21N3O2S/c1-15(2)19(17,18)16(13-5-3-4-6-13)11-12-7-9-14-10-8-12/h7-10,13H,3-6,11H2,1-2H3. The van der Waals surface area contributed by atoms with Crippen LogP contribution in [-0.4, -0.2) is 42.1 Å². The molecule has 5 nitrogen and oxygen atoms in total. The van der Waals surface area contributed by atoms with Crippen LogP contribution in [-0.2, 0) is 16.8 Å². The van der Waals surface area contributed by atoms with Crippen LogP contribution in [0.4, 0.5) is 0 Å². The fraction of sp³-hybridized carbons (Fsp3) is 0.615. The molecule has 1 saturated carbocycles. The lowest BCUT2D eigenvalue weighted by molar-refractivity contribution is 0.295. The third-order valence-electron chi connectivity index (χ3n) is 3.58. The van der Waals surface area contributed by atoms with Crippen LogP contribution in [0.15, 0.2) is 24.5 Å². The topological polar surface area (TPSA) is 53.5 Å². The van der Waals surface area contributed by atoms with Gasteiger partial charge in [-0.25, -0.2) is 0 Å². The van der Waals surface area contributed by atoms with E-state index in [1.807, 2.05) is 12.1 Å². The lowest BCUT2D eigenvalue weighted by Crippen LogP contribution is -2.44. The maximum absolute atomic E-state index is 12.5. The lowest BCUT2D eigenvalue weighted by atomic mass is 10.2. The Morgan fingerprint density at radius 2 is 1.79 bits per heavy atom. The maximum Gasteiger partial charge on any atom is 0.282 e. The summed E-state index contributed by atoms with van der Waals surface area (Å²) in [7, 11) is -0.200. The third kappa shape index (κ3) is 3.32. The molecule has 0 aliphatic heterocycles. The zero-order valence-corrected chi connectivity index (χ0v) is 12.3. The van der Waals surface area contributed by atoms with Gasteiger partial charge in [-0.2, -0.15) is 17.0 Å². The fourth-order valence-electron chi connectivity index (χ4n) is 2.47. The van der Waals surface area contributed by atoms with Gasteiger partial charge in [0.25, 0.3) is 10.2 Å². The highest BCUT2D eigenvalue weighted by Crippen LogP contribution is 2.27. The van der Waals surface area contributed by atoms with Crippen LogP contribution >= 0.6 is 0 Å². The third-order valence-corrected chi connectivity index (χ3v) is 5.52. The van der Waals surface area contributed by atoms with E-state index in [0.717, 1.165) is 31.2 Å². The molecule has 6 heteroatoms. The Hall–Kier alpha value is -0.980. The van der Waals surface area contributed by atoms with Crippen molar-refractivity contribution in [2.45, 2.75) is 38.3 Å². The molecular weight excluding hydrogens is 262 g/mol. The molecule has 1 aliphatic carbocycles. The van der Waals surface area contributed by atoms with Gasteiger partial charge in [0.1, 0.15) is 0 Å². The molecule has 1 fully saturated rings. The van der Waals surface area contributed by atoms with Gasteiger partial charge >= 0.3 is 0 Å². The van der Waals surface area contributed by atoms with Gasteiger partial charge < -0.3 is 0 Å². The van der Waals surface area contributed by atoms with Crippen molar-refractivity contribution in [3.05, 3.63) is 30.1 Å². The monoisotopic (exact) mass is 283 g/mol. The molecule has 19 heavy (non-hydrogen) atoms. The smallest absolute Gasteiger partial charge is 0.265 e. The molecule has 0 aromatic carbocycles. The molecule has 106 valence electrons. The van der Waals surface area contributed by atoms with E-state index >= 15 is 0 Å². The Kier molecular flexibility index (Phi) is 4.54. The first-order valence-electron chi connectivity index (χ1n) is 6.60. The van der Waals surface area contributed by atoms with Gasteiger partial charge in [0.15, 0.2) is 0 Å². The Labute approximate surface area is 115 Å². The second-order valence-electron chi connectivity index (χ2n) is 5.13. The van der Waals surface area contributed by atoms with Crippen molar-refractivity contribution in [3.8, 4) is 0 Å². The number of nitrogens with zero attached hydrogens (tertiary/aromatic N) is 3. The van der Waals surface area contributed by atoms with Crippen molar-refractivity contribution in [2.24, 2.45) is 0 Å². The van der Waals surface area contributed by atoms with E-state index in [4.69, 9.17) is 0 Å². The number of pyridine rings is 1. The van der Waals surface area contributed by atoms with Crippen molar-refractivity contribution in [1.29, 1.82) is 0 Å². The molecule has 0 unspecified atom stereocenters.